The number of benzene rings is 2. The molecule has 8 heteroatoms. The molecule has 0 spiro atoms. The largest absolute Gasteiger partial charge is 0.497 e. The van der Waals surface area contributed by atoms with E-state index in [1.807, 2.05) is 54.6 Å². The van der Waals surface area contributed by atoms with Crippen LogP contribution in [0.4, 0.5) is 0 Å². The van der Waals surface area contributed by atoms with E-state index >= 15 is 0 Å². The van der Waals surface area contributed by atoms with E-state index in [0.717, 1.165) is 16.9 Å². The molecule has 2 aromatic carbocycles. The SMILES string of the molecule is CN=C(NCc1nc(-c2ccc(OC)cc2)n[nH]1)NCC(CO)c1ccccc1. The molecule has 0 aliphatic rings. The standard InChI is InChI=1S/C21H26N6O2/c1-22-21(23-12-17(14-28)15-6-4-3-5-7-15)24-13-19-25-20(27-26-19)16-8-10-18(29-2)11-9-16/h3-11,17,28H,12-14H2,1-2H3,(H2,22,23,24)(H,25,26,27). The Morgan fingerprint density at radius 3 is 2.55 bits per heavy atom. The van der Waals surface area contributed by atoms with Gasteiger partial charge in [0.25, 0.3) is 0 Å². The number of aromatic nitrogens is 3. The number of aromatic amines is 1. The van der Waals surface area contributed by atoms with Crippen LogP contribution in [0.1, 0.15) is 17.3 Å². The monoisotopic (exact) mass is 394 g/mol. The highest BCUT2D eigenvalue weighted by Gasteiger charge is 2.11. The maximum Gasteiger partial charge on any atom is 0.191 e. The summed E-state index contributed by atoms with van der Waals surface area (Å²) >= 11 is 0. The molecule has 0 amide bonds. The Bertz CT molecular complexity index is 908. The van der Waals surface area contributed by atoms with Crippen LogP contribution in [0.15, 0.2) is 59.6 Å². The highest BCUT2D eigenvalue weighted by atomic mass is 16.5. The summed E-state index contributed by atoms with van der Waals surface area (Å²) in [6.45, 7) is 1.06. The Hall–Kier alpha value is -3.39. The van der Waals surface area contributed by atoms with E-state index in [9.17, 15) is 5.11 Å². The number of methoxy groups -OCH3 is 1. The van der Waals surface area contributed by atoms with Crippen molar-refractivity contribution in [2.75, 3.05) is 27.3 Å². The van der Waals surface area contributed by atoms with Gasteiger partial charge in [0.2, 0.25) is 0 Å². The lowest BCUT2D eigenvalue weighted by atomic mass is 10.0. The lowest BCUT2D eigenvalue weighted by molar-refractivity contribution is 0.265. The maximum absolute atomic E-state index is 9.69. The Labute approximate surface area is 170 Å². The highest BCUT2D eigenvalue weighted by Crippen LogP contribution is 2.19. The summed E-state index contributed by atoms with van der Waals surface area (Å²) in [5.74, 6) is 2.72. The molecule has 0 radical (unpaired) electrons. The molecule has 8 nitrogen and oxygen atoms in total. The third-order valence-corrected chi connectivity index (χ3v) is 4.53. The van der Waals surface area contributed by atoms with Gasteiger partial charge < -0.3 is 20.5 Å². The molecule has 1 atom stereocenters. The summed E-state index contributed by atoms with van der Waals surface area (Å²) in [4.78, 5) is 8.73. The van der Waals surface area contributed by atoms with Gasteiger partial charge in [0.05, 0.1) is 20.3 Å². The first-order valence-electron chi connectivity index (χ1n) is 9.39. The van der Waals surface area contributed by atoms with Crippen LogP contribution in [-0.4, -0.2) is 53.6 Å². The first-order chi connectivity index (χ1) is 14.2. The van der Waals surface area contributed by atoms with Crippen LogP contribution in [0.2, 0.25) is 0 Å². The minimum atomic E-state index is -0.0123. The molecule has 0 bridgehead atoms. The molecule has 0 aliphatic carbocycles. The number of H-pyrrole nitrogens is 1. The third-order valence-electron chi connectivity index (χ3n) is 4.53. The van der Waals surface area contributed by atoms with Crippen molar-refractivity contribution < 1.29 is 9.84 Å². The van der Waals surface area contributed by atoms with Crippen LogP contribution in [0, 0.1) is 0 Å². The number of hydrogen-bond acceptors (Lipinski definition) is 5. The minimum Gasteiger partial charge on any atom is -0.497 e. The van der Waals surface area contributed by atoms with Gasteiger partial charge in [-0.15, -0.1) is 0 Å². The molecule has 29 heavy (non-hydrogen) atoms. The van der Waals surface area contributed by atoms with Gasteiger partial charge in [-0.1, -0.05) is 30.3 Å². The summed E-state index contributed by atoms with van der Waals surface area (Å²) in [7, 11) is 3.34. The summed E-state index contributed by atoms with van der Waals surface area (Å²) in [5, 5.41) is 23.3. The van der Waals surface area contributed by atoms with E-state index in [1.54, 1.807) is 14.2 Å². The van der Waals surface area contributed by atoms with Crippen LogP contribution < -0.4 is 15.4 Å². The van der Waals surface area contributed by atoms with Gasteiger partial charge in [-0.05, 0) is 29.8 Å². The van der Waals surface area contributed by atoms with Gasteiger partial charge in [-0.25, -0.2) is 4.98 Å². The Morgan fingerprint density at radius 2 is 1.90 bits per heavy atom. The summed E-state index contributed by atoms with van der Waals surface area (Å²) in [6.07, 6.45) is 0. The number of ether oxygens (including phenoxy) is 1. The van der Waals surface area contributed by atoms with E-state index in [1.165, 1.54) is 0 Å². The molecule has 152 valence electrons. The number of aliphatic imine (C=N–C) groups is 1. The van der Waals surface area contributed by atoms with Crippen molar-refractivity contribution in [2.45, 2.75) is 12.5 Å². The van der Waals surface area contributed by atoms with Crippen LogP contribution in [0.25, 0.3) is 11.4 Å². The normalized spacial score (nSPS) is 12.4. The molecule has 0 saturated heterocycles. The van der Waals surface area contributed by atoms with Crippen molar-refractivity contribution in [2.24, 2.45) is 4.99 Å². The number of aliphatic hydroxyl groups is 1. The highest BCUT2D eigenvalue weighted by molar-refractivity contribution is 5.79. The van der Waals surface area contributed by atoms with E-state index in [4.69, 9.17) is 4.74 Å². The van der Waals surface area contributed by atoms with Crippen molar-refractivity contribution in [1.29, 1.82) is 0 Å². The van der Waals surface area contributed by atoms with Gasteiger partial charge in [-0.3, -0.25) is 10.1 Å². The second-order valence-corrected chi connectivity index (χ2v) is 6.43. The van der Waals surface area contributed by atoms with Crippen LogP contribution in [0.3, 0.4) is 0 Å². The number of rotatable bonds is 8. The van der Waals surface area contributed by atoms with Gasteiger partial charge in [0.1, 0.15) is 11.6 Å². The van der Waals surface area contributed by atoms with Crippen LogP contribution >= 0.6 is 0 Å². The zero-order valence-corrected chi connectivity index (χ0v) is 16.6. The predicted octanol–water partition coefficient (Wildman–Crippen LogP) is 1.92. The first kappa shape index (κ1) is 20.3. The molecule has 3 aromatic rings. The topological polar surface area (TPSA) is 107 Å². The van der Waals surface area contributed by atoms with E-state index in [0.29, 0.717) is 30.7 Å². The number of guanidine groups is 1. The van der Waals surface area contributed by atoms with Crippen molar-refractivity contribution in [1.82, 2.24) is 25.8 Å². The number of aliphatic hydroxyl groups excluding tert-OH is 1. The molecule has 4 N–H and O–H groups in total. The second kappa shape index (κ2) is 10.2. The smallest absolute Gasteiger partial charge is 0.191 e. The zero-order valence-electron chi connectivity index (χ0n) is 16.6. The molecule has 0 aliphatic heterocycles. The van der Waals surface area contributed by atoms with Crippen LogP contribution in [-0.2, 0) is 6.54 Å². The summed E-state index contributed by atoms with van der Waals surface area (Å²) in [5.41, 5.74) is 1.99. The number of nitrogens with zero attached hydrogens (tertiary/aromatic N) is 3. The summed E-state index contributed by atoms with van der Waals surface area (Å²) < 4.78 is 5.17. The third kappa shape index (κ3) is 5.55. The van der Waals surface area contributed by atoms with E-state index in [2.05, 4.69) is 30.8 Å². The Balaban J connectivity index is 1.53. The first-order valence-corrected chi connectivity index (χ1v) is 9.39. The fourth-order valence-corrected chi connectivity index (χ4v) is 2.86. The lowest BCUT2D eigenvalue weighted by Gasteiger charge is -2.17. The van der Waals surface area contributed by atoms with E-state index < -0.39 is 0 Å². The number of nitrogens with one attached hydrogen (secondary N) is 3. The summed E-state index contributed by atoms with van der Waals surface area (Å²) in [6, 6.07) is 17.5. The van der Waals surface area contributed by atoms with E-state index in [-0.39, 0.29) is 12.5 Å². The fourth-order valence-electron chi connectivity index (χ4n) is 2.86. The Kier molecular flexibility index (Phi) is 7.18. The van der Waals surface area contributed by atoms with Crippen molar-refractivity contribution in [3.8, 4) is 17.1 Å². The van der Waals surface area contributed by atoms with Gasteiger partial charge >= 0.3 is 0 Å². The lowest BCUT2D eigenvalue weighted by Crippen LogP contribution is -2.39. The predicted molar refractivity (Wildman–Crippen MR) is 113 cm³/mol. The molecular weight excluding hydrogens is 368 g/mol. The fraction of sp³-hybridized carbons (Fsp3) is 0.286. The van der Waals surface area contributed by atoms with Crippen LogP contribution in [0.5, 0.6) is 5.75 Å². The van der Waals surface area contributed by atoms with Gasteiger partial charge in [0, 0.05) is 25.1 Å². The van der Waals surface area contributed by atoms with Gasteiger partial charge in [-0.2, -0.15) is 5.10 Å². The van der Waals surface area contributed by atoms with Crippen molar-refractivity contribution >= 4 is 5.96 Å². The molecular formula is C21H26N6O2. The average molecular weight is 394 g/mol. The molecule has 1 unspecified atom stereocenters. The maximum atomic E-state index is 9.69. The second-order valence-electron chi connectivity index (χ2n) is 6.43. The minimum absolute atomic E-state index is 0.0123. The quantitative estimate of drug-likeness (QED) is 0.343. The molecule has 0 saturated carbocycles. The molecule has 1 heterocycles. The molecule has 0 fully saturated rings. The average Bonchev–Trinajstić information content (AvgIpc) is 3.26. The zero-order chi connectivity index (χ0) is 20.5. The van der Waals surface area contributed by atoms with Crippen molar-refractivity contribution in [3.05, 3.63) is 66.0 Å². The van der Waals surface area contributed by atoms with Gasteiger partial charge in [0.15, 0.2) is 11.8 Å². The van der Waals surface area contributed by atoms with Crippen molar-refractivity contribution in [3.63, 3.8) is 0 Å². The number of hydrogen-bond donors (Lipinski definition) is 4. The Morgan fingerprint density at radius 1 is 1.14 bits per heavy atom. The molecule has 1 aromatic heterocycles. The molecule has 3 rings (SSSR count).